The van der Waals surface area contributed by atoms with Gasteiger partial charge in [-0.05, 0) is 30.9 Å². The van der Waals surface area contributed by atoms with Crippen LogP contribution in [0.3, 0.4) is 0 Å². The molecule has 2 N–H and O–H groups in total. The number of thioether (sulfide) groups is 1. The average Bonchev–Trinajstić information content (AvgIpc) is 2.53. The third kappa shape index (κ3) is 4.68. The van der Waals surface area contributed by atoms with Gasteiger partial charge >= 0.3 is 18.2 Å². The zero-order chi connectivity index (χ0) is 18.6. The van der Waals surface area contributed by atoms with Gasteiger partial charge in [0.2, 0.25) is 0 Å². The lowest BCUT2D eigenvalue weighted by Crippen LogP contribution is -2.45. The summed E-state index contributed by atoms with van der Waals surface area (Å²) in [5, 5.41) is 5.03. The molecule has 0 fully saturated rings. The molecule has 1 aliphatic heterocycles. The van der Waals surface area contributed by atoms with Gasteiger partial charge in [0.05, 0.1) is 17.2 Å². The molecule has 1 aliphatic rings. The summed E-state index contributed by atoms with van der Waals surface area (Å²) in [5.74, 6) is -0.00745. The van der Waals surface area contributed by atoms with Crippen LogP contribution in [0, 0.1) is 0 Å². The van der Waals surface area contributed by atoms with Gasteiger partial charge < -0.3 is 15.4 Å². The first-order valence-corrected chi connectivity index (χ1v) is 8.75. The number of amides is 2. The van der Waals surface area contributed by atoms with Crippen molar-refractivity contribution in [2.75, 3.05) is 18.6 Å². The maximum absolute atomic E-state index is 12.7. The smallest absolute Gasteiger partial charge is 0.416 e. The summed E-state index contributed by atoms with van der Waals surface area (Å²) >= 11 is 1.51. The molecule has 0 aliphatic carbocycles. The molecule has 0 saturated heterocycles. The fourth-order valence-corrected chi connectivity index (χ4v) is 2.62. The summed E-state index contributed by atoms with van der Waals surface area (Å²) in [6, 6.07) is 2.88. The molecule has 25 heavy (non-hydrogen) atoms. The molecule has 1 aromatic rings. The molecule has 0 aromatic heterocycles. The minimum Gasteiger partial charge on any atom is -0.461 e. The lowest BCUT2D eigenvalue weighted by Gasteiger charge is -2.28. The number of esters is 1. The first kappa shape index (κ1) is 19.2. The Labute approximate surface area is 147 Å². The van der Waals surface area contributed by atoms with Crippen LogP contribution in [-0.4, -0.2) is 30.6 Å². The Kier molecular flexibility index (Phi) is 5.99. The number of rotatable bonds is 5. The Balaban J connectivity index is 2.30. The average molecular weight is 374 g/mol. The van der Waals surface area contributed by atoms with E-state index in [1.54, 1.807) is 6.92 Å². The van der Waals surface area contributed by atoms with Gasteiger partial charge in [-0.2, -0.15) is 24.9 Å². The number of carbonyl (C=O) groups excluding carboxylic acids is 2. The molecule has 1 heterocycles. The van der Waals surface area contributed by atoms with Crippen LogP contribution >= 0.6 is 11.8 Å². The lowest BCUT2D eigenvalue weighted by molar-refractivity contribution is -0.139. The van der Waals surface area contributed by atoms with Crippen molar-refractivity contribution >= 4 is 23.8 Å². The van der Waals surface area contributed by atoms with Crippen LogP contribution in [0.4, 0.5) is 18.0 Å². The van der Waals surface area contributed by atoms with E-state index in [1.807, 2.05) is 6.26 Å². The zero-order valence-corrected chi connectivity index (χ0v) is 14.4. The van der Waals surface area contributed by atoms with Crippen molar-refractivity contribution in [3.05, 3.63) is 46.7 Å². The van der Waals surface area contributed by atoms with E-state index in [4.69, 9.17) is 4.74 Å². The van der Waals surface area contributed by atoms with Gasteiger partial charge in [-0.3, -0.25) is 0 Å². The van der Waals surface area contributed by atoms with Gasteiger partial charge in [0.1, 0.15) is 6.61 Å². The van der Waals surface area contributed by atoms with E-state index in [-0.39, 0.29) is 12.2 Å². The molecule has 2 amide bonds. The number of ether oxygens (including phenoxy) is 1. The van der Waals surface area contributed by atoms with Crippen molar-refractivity contribution in [1.82, 2.24) is 10.6 Å². The summed E-state index contributed by atoms with van der Waals surface area (Å²) in [4.78, 5) is 24.1. The van der Waals surface area contributed by atoms with Crippen molar-refractivity contribution in [2.24, 2.45) is 0 Å². The highest BCUT2D eigenvalue weighted by atomic mass is 32.2. The van der Waals surface area contributed by atoms with Gasteiger partial charge in [0, 0.05) is 11.4 Å². The molecule has 9 heteroatoms. The van der Waals surface area contributed by atoms with Crippen LogP contribution < -0.4 is 10.6 Å². The predicted molar refractivity (Wildman–Crippen MR) is 87.9 cm³/mol. The Morgan fingerprint density at radius 3 is 2.48 bits per heavy atom. The second kappa shape index (κ2) is 7.81. The molecular formula is C16H17F3N2O3S. The number of benzene rings is 1. The van der Waals surface area contributed by atoms with Gasteiger partial charge in [-0.1, -0.05) is 12.1 Å². The topological polar surface area (TPSA) is 67.4 Å². The number of alkyl halides is 3. The third-order valence-corrected chi connectivity index (χ3v) is 4.16. The second-order valence-electron chi connectivity index (χ2n) is 5.32. The second-order valence-corrected chi connectivity index (χ2v) is 6.30. The van der Waals surface area contributed by atoms with Crippen LogP contribution in [0.2, 0.25) is 0 Å². The first-order chi connectivity index (χ1) is 11.7. The molecule has 1 unspecified atom stereocenters. The summed E-state index contributed by atoms with van der Waals surface area (Å²) in [7, 11) is 0. The molecule has 1 atom stereocenters. The zero-order valence-electron chi connectivity index (χ0n) is 13.6. The van der Waals surface area contributed by atoms with Gasteiger partial charge in [-0.25, -0.2) is 9.59 Å². The van der Waals surface area contributed by atoms with Crippen molar-refractivity contribution in [3.8, 4) is 0 Å². The van der Waals surface area contributed by atoms with Crippen LogP contribution in [0.1, 0.15) is 24.1 Å². The normalized spacial score (nSPS) is 17.8. The highest BCUT2D eigenvalue weighted by Gasteiger charge is 2.34. The molecular weight excluding hydrogens is 357 g/mol. The van der Waals surface area contributed by atoms with Crippen molar-refractivity contribution < 1.29 is 27.5 Å². The summed E-state index contributed by atoms with van der Waals surface area (Å²) < 4.78 is 43.3. The quantitative estimate of drug-likeness (QED) is 0.613. The fraction of sp³-hybridized carbons (Fsp3) is 0.375. The van der Waals surface area contributed by atoms with Gasteiger partial charge in [-0.15, -0.1) is 0 Å². The van der Waals surface area contributed by atoms with Crippen molar-refractivity contribution in [1.29, 1.82) is 0 Å². The van der Waals surface area contributed by atoms with E-state index in [2.05, 4.69) is 10.6 Å². The highest BCUT2D eigenvalue weighted by Crippen LogP contribution is 2.32. The van der Waals surface area contributed by atoms with Crippen LogP contribution in [0.15, 0.2) is 35.5 Å². The maximum Gasteiger partial charge on any atom is 0.416 e. The number of carbonyl (C=O) groups is 2. The van der Waals surface area contributed by atoms with Crippen LogP contribution in [0.25, 0.3) is 0 Å². The Morgan fingerprint density at radius 2 is 1.92 bits per heavy atom. The fourth-order valence-electron chi connectivity index (χ4n) is 2.37. The number of hydrogen-bond acceptors (Lipinski definition) is 4. The van der Waals surface area contributed by atoms with Crippen molar-refractivity contribution in [3.63, 3.8) is 0 Å². The third-order valence-electron chi connectivity index (χ3n) is 3.58. The van der Waals surface area contributed by atoms with Crippen molar-refractivity contribution in [2.45, 2.75) is 19.1 Å². The van der Waals surface area contributed by atoms with E-state index in [9.17, 15) is 22.8 Å². The largest absolute Gasteiger partial charge is 0.461 e. The minimum atomic E-state index is -4.46. The highest BCUT2D eigenvalue weighted by molar-refractivity contribution is 7.98. The van der Waals surface area contributed by atoms with E-state index in [0.717, 1.165) is 12.1 Å². The van der Waals surface area contributed by atoms with Crippen LogP contribution in [0.5, 0.6) is 0 Å². The van der Waals surface area contributed by atoms with Gasteiger partial charge in [0.15, 0.2) is 0 Å². The number of urea groups is 1. The van der Waals surface area contributed by atoms with E-state index in [0.29, 0.717) is 17.0 Å². The number of allylic oxidation sites excluding steroid dienone is 1. The minimum absolute atomic E-state index is 0.167. The Bertz CT molecular complexity index is 687. The Morgan fingerprint density at radius 1 is 1.28 bits per heavy atom. The molecule has 1 aromatic carbocycles. The molecule has 0 bridgehead atoms. The van der Waals surface area contributed by atoms with E-state index in [1.165, 1.54) is 23.9 Å². The summed E-state index contributed by atoms with van der Waals surface area (Å²) in [6.45, 7) is 1.74. The van der Waals surface area contributed by atoms with E-state index >= 15 is 0 Å². The summed E-state index contributed by atoms with van der Waals surface area (Å²) in [6.07, 6.45) is -2.59. The SMILES string of the molecule is CSCCOC(=O)C1=C(C)NC(=O)NC1c1ccc(C(F)(F)F)cc1. The monoisotopic (exact) mass is 374 g/mol. The lowest BCUT2D eigenvalue weighted by atomic mass is 9.95. The number of halogens is 3. The number of hydrogen-bond donors (Lipinski definition) is 2. The number of nitrogens with one attached hydrogen (secondary N) is 2. The summed E-state index contributed by atoms with van der Waals surface area (Å²) in [5.41, 5.74) is 0.0311. The molecule has 0 radical (unpaired) electrons. The molecule has 0 saturated carbocycles. The van der Waals surface area contributed by atoms with Gasteiger partial charge in [0.25, 0.3) is 0 Å². The Hall–Kier alpha value is -2.16. The van der Waals surface area contributed by atoms with Crippen LogP contribution in [-0.2, 0) is 15.7 Å². The molecule has 5 nitrogen and oxygen atoms in total. The standard InChI is InChI=1S/C16H17F3N2O3S/c1-9-12(14(22)24-7-8-25-2)13(21-15(23)20-9)10-3-5-11(6-4-10)16(17,18)19/h3-6,13H,7-8H2,1-2H3,(H2,20,21,23). The molecule has 0 spiro atoms. The molecule has 2 rings (SSSR count). The molecule has 136 valence electrons. The van der Waals surface area contributed by atoms with E-state index < -0.39 is 29.8 Å². The predicted octanol–water partition coefficient (Wildman–Crippen LogP) is 3.24. The maximum atomic E-state index is 12.7. The first-order valence-electron chi connectivity index (χ1n) is 7.35.